The average Bonchev–Trinajstić information content (AvgIpc) is 2.82. The van der Waals surface area contributed by atoms with Gasteiger partial charge in [0.25, 0.3) is 15.9 Å². The first-order chi connectivity index (χ1) is 16.7. The van der Waals surface area contributed by atoms with Crippen LogP contribution in [0.2, 0.25) is 0 Å². The maximum Gasteiger partial charge on any atom is 0.264 e. The Morgan fingerprint density at radius 2 is 1.49 bits per heavy atom. The number of anilines is 1. The number of sulfonamides is 1. The van der Waals surface area contributed by atoms with Gasteiger partial charge < -0.3 is 14.8 Å². The number of para-hydroxylation sites is 2. The minimum absolute atomic E-state index is 0.00896. The molecule has 0 aliphatic carbocycles. The molecular weight excluding hydrogens is 490 g/mol. The van der Waals surface area contributed by atoms with Gasteiger partial charge in [0.15, 0.2) is 5.11 Å². The monoisotopic (exact) mass is 513 g/mol. The minimum atomic E-state index is -3.94. The van der Waals surface area contributed by atoms with Crippen molar-refractivity contribution in [3.8, 4) is 11.5 Å². The summed E-state index contributed by atoms with van der Waals surface area (Å²) in [5, 5.41) is 5.38. The predicted octanol–water partition coefficient (Wildman–Crippen LogP) is 3.10. The molecule has 35 heavy (non-hydrogen) atoms. The van der Waals surface area contributed by atoms with Gasteiger partial charge in [-0.2, -0.15) is 0 Å². The van der Waals surface area contributed by atoms with Gasteiger partial charge >= 0.3 is 0 Å². The fraction of sp³-hybridized carbons (Fsp3) is 0.125. The van der Waals surface area contributed by atoms with E-state index in [-0.39, 0.29) is 22.2 Å². The second-order valence-electron chi connectivity index (χ2n) is 7.10. The molecule has 3 N–H and O–H groups in total. The van der Waals surface area contributed by atoms with Gasteiger partial charge in [-0.05, 0) is 60.7 Å². The van der Waals surface area contributed by atoms with Gasteiger partial charge in [0.2, 0.25) is 5.91 Å². The number of rotatable bonds is 9. The second-order valence-corrected chi connectivity index (χ2v) is 9.19. The van der Waals surface area contributed by atoms with E-state index in [1.807, 2.05) is 35.1 Å². The molecule has 3 aromatic carbocycles. The molecule has 0 bridgehead atoms. The molecule has 0 fully saturated rings. The van der Waals surface area contributed by atoms with Gasteiger partial charge in [0.1, 0.15) is 24.7 Å². The maximum absolute atomic E-state index is 12.7. The Morgan fingerprint density at radius 1 is 0.857 bits per heavy atom. The number of carbonyl (C=O) groups excluding carboxylic acids is 2. The molecule has 9 nitrogen and oxygen atoms in total. The van der Waals surface area contributed by atoms with Crippen LogP contribution in [0.1, 0.15) is 17.3 Å². The third-order valence-electron chi connectivity index (χ3n) is 4.41. The summed E-state index contributed by atoms with van der Waals surface area (Å²) in [7, 11) is -3.94. The number of carbonyl (C=O) groups is 2. The zero-order valence-corrected chi connectivity index (χ0v) is 20.3. The van der Waals surface area contributed by atoms with Crippen LogP contribution >= 0.6 is 12.2 Å². The molecule has 182 valence electrons. The molecular formula is C24H23N3O6S2. The van der Waals surface area contributed by atoms with E-state index >= 15 is 0 Å². The molecule has 3 rings (SSSR count). The molecule has 11 heteroatoms. The standard InChI is InChI=1S/C24H23N3O6S2/c1-17(28)27-35(30,31)20-13-11-18(12-14-20)25-24(34)26-23(29)21-9-5-6-10-22(21)33-16-15-32-19-7-3-2-4-8-19/h2-14H,15-16H2,1H3,(H,27,28)(H2,25,26,29,34). The number of amides is 2. The van der Waals surface area contributed by atoms with Crippen LogP contribution in [0.25, 0.3) is 0 Å². The Bertz CT molecular complexity index is 1300. The Balaban J connectivity index is 1.55. The summed E-state index contributed by atoms with van der Waals surface area (Å²) in [6.07, 6.45) is 0. The van der Waals surface area contributed by atoms with Gasteiger partial charge in [-0.3, -0.25) is 14.9 Å². The van der Waals surface area contributed by atoms with Crippen LogP contribution in [0.15, 0.2) is 83.8 Å². The molecule has 0 aromatic heterocycles. The summed E-state index contributed by atoms with van der Waals surface area (Å²) in [6, 6.07) is 21.6. The van der Waals surface area contributed by atoms with Crippen LogP contribution in [-0.4, -0.2) is 38.6 Å². The molecule has 0 heterocycles. The Morgan fingerprint density at radius 3 is 2.17 bits per heavy atom. The molecule has 0 atom stereocenters. The fourth-order valence-corrected chi connectivity index (χ4v) is 4.11. The minimum Gasteiger partial charge on any atom is -0.490 e. The van der Waals surface area contributed by atoms with Crippen molar-refractivity contribution in [2.75, 3.05) is 18.5 Å². The lowest BCUT2D eigenvalue weighted by molar-refractivity contribution is -0.117. The smallest absolute Gasteiger partial charge is 0.264 e. The summed E-state index contributed by atoms with van der Waals surface area (Å²) < 4.78 is 37.2. The highest BCUT2D eigenvalue weighted by Crippen LogP contribution is 2.19. The van der Waals surface area contributed by atoms with Crippen LogP contribution < -0.4 is 24.8 Å². The molecule has 2 amide bonds. The normalized spacial score (nSPS) is 10.7. The fourth-order valence-electron chi connectivity index (χ4n) is 2.91. The van der Waals surface area contributed by atoms with Crippen LogP contribution in [0.3, 0.4) is 0 Å². The van der Waals surface area contributed by atoms with E-state index < -0.39 is 21.8 Å². The topological polar surface area (TPSA) is 123 Å². The van der Waals surface area contributed by atoms with Crippen LogP contribution in [0.4, 0.5) is 5.69 Å². The van der Waals surface area contributed by atoms with Crippen molar-refractivity contribution >= 4 is 44.9 Å². The van der Waals surface area contributed by atoms with E-state index in [1.54, 1.807) is 24.3 Å². The number of hydrogen-bond acceptors (Lipinski definition) is 7. The van der Waals surface area contributed by atoms with E-state index in [2.05, 4.69) is 10.6 Å². The quantitative estimate of drug-likeness (QED) is 0.295. The van der Waals surface area contributed by atoms with E-state index in [1.165, 1.54) is 24.3 Å². The number of hydrogen-bond donors (Lipinski definition) is 3. The summed E-state index contributed by atoms with van der Waals surface area (Å²) in [4.78, 5) is 23.7. The van der Waals surface area contributed by atoms with Crippen LogP contribution in [0.5, 0.6) is 11.5 Å². The Kier molecular flexibility index (Phi) is 8.76. The number of nitrogens with one attached hydrogen (secondary N) is 3. The highest BCUT2D eigenvalue weighted by Gasteiger charge is 2.16. The second kappa shape index (κ2) is 12.0. The third kappa shape index (κ3) is 7.80. The largest absolute Gasteiger partial charge is 0.490 e. The summed E-state index contributed by atoms with van der Waals surface area (Å²) in [5.41, 5.74) is 0.729. The van der Waals surface area contributed by atoms with Gasteiger partial charge in [-0.15, -0.1) is 0 Å². The average molecular weight is 514 g/mol. The lowest BCUT2D eigenvalue weighted by atomic mass is 10.2. The van der Waals surface area contributed by atoms with Crippen molar-refractivity contribution in [1.29, 1.82) is 0 Å². The van der Waals surface area contributed by atoms with Crippen LogP contribution in [-0.2, 0) is 14.8 Å². The van der Waals surface area contributed by atoms with Crippen LogP contribution in [0, 0.1) is 0 Å². The molecule has 0 aliphatic heterocycles. The van der Waals surface area contributed by atoms with Crippen molar-refractivity contribution in [2.24, 2.45) is 0 Å². The summed E-state index contributed by atoms with van der Waals surface area (Å²) in [6.45, 7) is 1.64. The first kappa shape index (κ1) is 25.7. The van der Waals surface area contributed by atoms with Gasteiger partial charge in [0, 0.05) is 12.6 Å². The van der Waals surface area contributed by atoms with Gasteiger partial charge in [-0.1, -0.05) is 30.3 Å². The first-order valence-electron chi connectivity index (χ1n) is 10.4. The summed E-state index contributed by atoms with van der Waals surface area (Å²) in [5.74, 6) is -0.0766. The zero-order chi connectivity index (χ0) is 25.3. The zero-order valence-electron chi connectivity index (χ0n) is 18.7. The van der Waals surface area contributed by atoms with E-state index in [0.717, 1.165) is 12.7 Å². The van der Waals surface area contributed by atoms with Crippen molar-refractivity contribution in [1.82, 2.24) is 10.0 Å². The van der Waals surface area contributed by atoms with Crippen molar-refractivity contribution in [2.45, 2.75) is 11.8 Å². The highest BCUT2D eigenvalue weighted by molar-refractivity contribution is 7.90. The van der Waals surface area contributed by atoms with E-state index in [0.29, 0.717) is 18.0 Å². The lowest BCUT2D eigenvalue weighted by Crippen LogP contribution is -2.34. The molecule has 0 spiro atoms. The van der Waals surface area contributed by atoms with Gasteiger partial charge in [0.05, 0.1) is 10.5 Å². The molecule has 0 unspecified atom stereocenters. The SMILES string of the molecule is CC(=O)NS(=O)(=O)c1ccc(NC(=S)NC(=O)c2ccccc2OCCOc2ccccc2)cc1. The number of benzene rings is 3. The summed E-state index contributed by atoms with van der Waals surface area (Å²) >= 11 is 5.20. The molecule has 0 aliphatic rings. The Hall–Kier alpha value is -3.96. The Labute approximate surface area is 208 Å². The van der Waals surface area contributed by atoms with E-state index in [9.17, 15) is 18.0 Å². The third-order valence-corrected chi connectivity index (χ3v) is 6.07. The first-order valence-corrected chi connectivity index (χ1v) is 12.3. The molecule has 3 aromatic rings. The highest BCUT2D eigenvalue weighted by atomic mass is 32.2. The molecule has 0 saturated heterocycles. The molecule has 0 saturated carbocycles. The number of thiocarbonyl (C=S) groups is 1. The van der Waals surface area contributed by atoms with Crippen molar-refractivity contribution < 1.29 is 27.5 Å². The van der Waals surface area contributed by atoms with E-state index in [4.69, 9.17) is 21.7 Å². The van der Waals surface area contributed by atoms with Crippen molar-refractivity contribution in [3.05, 3.63) is 84.4 Å². The number of ether oxygens (including phenoxy) is 2. The van der Waals surface area contributed by atoms with Gasteiger partial charge in [-0.25, -0.2) is 13.1 Å². The van der Waals surface area contributed by atoms with Crippen molar-refractivity contribution in [3.63, 3.8) is 0 Å². The predicted molar refractivity (Wildman–Crippen MR) is 135 cm³/mol. The maximum atomic E-state index is 12.7. The lowest BCUT2D eigenvalue weighted by Gasteiger charge is -2.14. The molecule has 0 radical (unpaired) electrons.